The fraction of sp³-hybridized carbons (Fsp3) is 0.333. The molecule has 196 valence electrons. The molecule has 37 heavy (non-hydrogen) atoms. The van der Waals surface area contributed by atoms with Crippen LogP contribution in [0.4, 0.5) is 0 Å². The molecule has 3 amide bonds. The van der Waals surface area contributed by atoms with Crippen molar-refractivity contribution < 1.29 is 24.3 Å². The molecule has 0 aliphatic rings. The van der Waals surface area contributed by atoms with Crippen molar-refractivity contribution in [3.8, 4) is 0 Å². The molecule has 7 N–H and O–H groups in total. The number of aromatic nitrogens is 1. The molecule has 0 aliphatic carbocycles. The maximum Gasteiger partial charge on any atom is 0.326 e. The molecule has 10 nitrogen and oxygen atoms in total. The van der Waals surface area contributed by atoms with E-state index in [1.54, 1.807) is 20.0 Å². The van der Waals surface area contributed by atoms with E-state index in [0.717, 1.165) is 22.0 Å². The van der Waals surface area contributed by atoms with Gasteiger partial charge in [-0.3, -0.25) is 14.4 Å². The summed E-state index contributed by atoms with van der Waals surface area (Å²) in [6, 6.07) is 13.4. The van der Waals surface area contributed by atoms with E-state index in [0.29, 0.717) is 0 Å². The number of carbonyl (C=O) groups is 4. The van der Waals surface area contributed by atoms with Crippen molar-refractivity contribution in [1.82, 2.24) is 20.9 Å². The Morgan fingerprint density at radius 1 is 0.865 bits per heavy atom. The molecule has 0 fully saturated rings. The van der Waals surface area contributed by atoms with E-state index in [4.69, 9.17) is 5.73 Å². The smallest absolute Gasteiger partial charge is 0.326 e. The molecule has 3 unspecified atom stereocenters. The van der Waals surface area contributed by atoms with Gasteiger partial charge >= 0.3 is 5.97 Å². The minimum Gasteiger partial charge on any atom is -0.480 e. The number of benzene rings is 2. The number of carbonyl (C=O) groups excluding carboxylic acids is 3. The standard InChI is InChI=1S/C27H33N5O5/c1-16(2)24(27(36)37)32-26(35)21(12-17-8-4-3-5-9-17)31-25(34)22(30-23(33)14-28)13-18-15-29-20-11-7-6-10-19(18)20/h3-11,15-16,21-22,24,29H,12-14,28H2,1-2H3,(H,30,33)(H,31,34)(H,32,35)(H,36,37). The van der Waals surface area contributed by atoms with E-state index in [1.807, 2.05) is 54.6 Å². The van der Waals surface area contributed by atoms with Gasteiger partial charge in [-0.1, -0.05) is 62.4 Å². The first-order valence-electron chi connectivity index (χ1n) is 12.1. The Morgan fingerprint density at radius 3 is 2.14 bits per heavy atom. The SMILES string of the molecule is CC(C)C(NC(=O)C(Cc1ccccc1)NC(=O)C(Cc1c[nH]c2ccccc12)NC(=O)CN)C(=O)O. The van der Waals surface area contributed by atoms with E-state index in [-0.39, 0.29) is 25.3 Å². The zero-order valence-electron chi connectivity index (χ0n) is 20.9. The van der Waals surface area contributed by atoms with Crippen molar-refractivity contribution in [3.05, 3.63) is 71.9 Å². The number of hydrogen-bond acceptors (Lipinski definition) is 5. The zero-order valence-corrected chi connectivity index (χ0v) is 20.9. The van der Waals surface area contributed by atoms with Crippen molar-refractivity contribution in [3.63, 3.8) is 0 Å². The number of carboxylic acids is 1. The monoisotopic (exact) mass is 507 g/mol. The molecule has 1 heterocycles. The van der Waals surface area contributed by atoms with Crippen molar-refractivity contribution in [2.75, 3.05) is 6.54 Å². The molecule has 0 radical (unpaired) electrons. The molecule has 0 bridgehead atoms. The number of hydrogen-bond donors (Lipinski definition) is 6. The van der Waals surface area contributed by atoms with Crippen LogP contribution < -0.4 is 21.7 Å². The predicted octanol–water partition coefficient (Wildman–Crippen LogP) is 1.11. The second-order valence-corrected chi connectivity index (χ2v) is 9.21. The molecular weight excluding hydrogens is 474 g/mol. The highest BCUT2D eigenvalue weighted by molar-refractivity contribution is 5.94. The number of fused-ring (bicyclic) bond motifs is 1. The minimum atomic E-state index is -1.17. The summed E-state index contributed by atoms with van der Waals surface area (Å²) in [4.78, 5) is 53.6. The first-order valence-corrected chi connectivity index (χ1v) is 12.1. The number of nitrogens with two attached hydrogens (primary N) is 1. The summed E-state index contributed by atoms with van der Waals surface area (Å²) in [6.45, 7) is 3.06. The lowest BCUT2D eigenvalue weighted by Gasteiger charge is -2.25. The molecule has 3 aromatic rings. The Bertz CT molecular complexity index is 1240. The third kappa shape index (κ3) is 7.40. The molecular formula is C27H33N5O5. The van der Waals surface area contributed by atoms with Gasteiger partial charge in [-0.2, -0.15) is 0 Å². The molecule has 2 aromatic carbocycles. The summed E-state index contributed by atoms with van der Waals surface area (Å²) in [5.41, 5.74) is 7.95. The van der Waals surface area contributed by atoms with Crippen molar-refractivity contribution in [2.45, 2.75) is 44.8 Å². The van der Waals surface area contributed by atoms with Crippen molar-refractivity contribution in [2.24, 2.45) is 11.7 Å². The summed E-state index contributed by atoms with van der Waals surface area (Å²) >= 11 is 0. The first-order chi connectivity index (χ1) is 17.7. The van der Waals surface area contributed by atoms with Gasteiger partial charge in [0.2, 0.25) is 17.7 Å². The Hall–Kier alpha value is -4.18. The Labute approximate surface area is 215 Å². The summed E-state index contributed by atoms with van der Waals surface area (Å²) in [5, 5.41) is 18.3. The van der Waals surface area contributed by atoms with Crippen LogP contribution in [0.2, 0.25) is 0 Å². The molecule has 0 aliphatic heterocycles. The Kier molecular flexibility index (Phi) is 9.39. The topological polar surface area (TPSA) is 166 Å². The van der Waals surface area contributed by atoms with Gasteiger partial charge in [-0.15, -0.1) is 0 Å². The van der Waals surface area contributed by atoms with Crippen LogP contribution in [-0.4, -0.2) is 58.5 Å². The number of aromatic amines is 1. The van der Waals surface area contributed by atoms with Crippen LogP contribution in [0.3, 0.4) is 0 Å². The zero-order chi connectivity index (χ0) is 26.9. The summed E-state index contributed by atoms with van der Waals surface area (Å²) in [6.07, 6.45) is 2.06. The second kappa shape index (κ2) is 12.7. The molecule has 3 rings (SSSR count). The van der Waals surface area contributed by atoms with Crippen LogP contribution in [0, 0.1) is 5.92 Å². The van der Waals surface area contributed by atoms with Gasteiger partial charge in [0.25, 0.3) is 0 Å². The summed E-state index contributed by atoms with van der Waals surface area (Å²) in [5.74, 6) is -3.27. The lowest BCUT2D eigenvalue weighted by molar-refractivity contribution is -0.143. The van der Waals surface area contributed by atoms with Gasteiger partial charge in [0.05, 0.1) is 6.54 Å². The lowest BCUT2D eigenvalue weighted by atomic mass is 10.0. The first kappa shape index (κ1) is 27.4. The summed E-state index contributed by atoms with van der Waals surface area (Å²) < 4.78 is 0. The lowest BCUT2D eigenvalue weighted by Crippen LogP contribution is -2.57. The normalized spacial score (nSPS) is 13.5. The quantitative estimate of drug-likeness (QED) is 0.215. The van der Waals surface area contributed by atoms with Crippen LogP contribution in [0.5, 0.6) is 0 Å². The fourth-order valence-electron chi connectivity index (χ4n) is 4.08. The molecule has 10 heteroatoms. The third-order valence-corrected chi connectivity index (χ3v) is 6.08. The van der Waals surface area contributed by atoms with E-state index in [9.17, 15) is 24.3 Å². The van der Waals surface area contributed by atoms with Crippen molar-refractivity contribution >= 4 is 34.6 Å². The maximum atomic E-state index is 13.4. The van der Waals surface area contributed by atoms with Crippen LogP contribution in [0.15, 0.2) is 60.8 Å². The minimum absolute atomic E-state index is 0.132. The number of carboxylic acid groups (broad SMARTS) is 1. The fourth-order valence-corrected chi connectivity index (χ4v) is 4.08. The van der Waals surface area contributed by atoms with E-state index in [1.165, 1.54) is 0 Å². The predicted molar refractivity (Wildman–Crippen MR) is 139 cm³/mol. The Morgan fingerprint density at radius 2 is 1.49 bits per heavy atom. The number of nitrogens with one attached hydrogen (secondary N) is 4. The Balaban J connectivity index is 1.86. The average molecular weight is 508 g/mol. The van der Waals surface area contributed by atoms with Crippen LogP contribution >= 0.6 is 0 Å². The number of H-pyrrole nitrogens is 1. The highest BCUT2D eigenvalue weighted by atomic mass is 16.4. The van der Waals surface area contributed by atoms with E-state index in [2.05, 4.69) is 20.9 Å². The van der Waals surface area contributed by atoms with Gasteiger partial charge in [0.15, 0.2) is 0 Å². The maximum absolute atomic E-state index is 13.4. The van der Waals surface area contributed by atoms with Gasteiger partial charge in [0.1, 0.15) is 18.1 Å². The summed E-state index contributed by atoms with van der Waals surface area (Å²) in [7, 11) is 0. The molecule has 1 aromatic heterocycles. The van der Waals surface area contributed by atoms with Gasteiger partial charge in [-0.05, 0) is 23.1 Å². The largest absolute Gasteiger partial charge is 0.480 e. The van der Waals surface area contributed by atoms with Crippen molar-refractivity contribution in [1.29, 1.82) is 0 Å². The number of amides is 3. The molecule has 0 saturated carbocycles. The van der Waals surface area contributed by atoms with Crippen LogP contribution in [0.1, 0.15) is 25.0 Å². The van der Waals surface area contributed by atoms with E-state index < -0.39 is 41.8 Å². The molecule has 3 atom stereocenters. The van der Waals surface area contributed by atoms with E-state index >= 15 is 0 Å². The number of para-hydroxylation sites is 1. The second-order valence-electron chi connectivity index (χ2n) is 9.21. The third-order valence-electron chi connectivity index (χ3n) is 6.08. The van der Waals surface area contributed by atoms with Crippen LogP contribution in [-0.2, 0) is 32.0 Å². The molecule has 0 saturated heterocycles. The molecule has 0 spiro atoms. The highest BCUT2D eigenvalue weighted by Gasteiger charge is 2.31. The number of rotatable bonds is 12. The number of aliphatic carboxylic acids is 1. The van der Waals surface area contributed by atoms with Crippen LogP contribution in [0.25, 0.3) is 10.9 Å². The average Bonchev–Trinajstić information content (AvgIpc) is 3.29. The van der Waals surface area contributed by atoms with Gasteiger partial charge < -0.3 is 31.8 Å². The van der Waals surface area contributed by atoms with Gasteiger partial charge in [0, 0.05) is 29.9 Å². The highest BCUT2D eigenvalue weighted by Crippen LogP contribution is 2.19. The van der Waals surface area contributed by atoms with Gasteiger partial charge in [-0.25, -0.2) is 4.79 Å².